The van der Waals surface area contributed by atoms with E-state index in [2.05, 4.69) is 14.7 Å². The molecule has 0 amide bonds. The molecule has 0 atom stereocenters. The van der Waals surface area contributed by atoms with Crippen LogP contribution in [0.3, 0.4) is 0 Å². The van der Waals surface area contributed by atoms with E-state index in [9.17, 15) is 14.4 Å². The summed E-state index contributed by atoms with van der Waals surface area (Å²) in [7, 11) is 0. The fourth-order valence-electron chi connectivity index (χ4n) is 4.85. The molecule has 2 bridgehead atoms. The summed E-state index contributed by atoms with van der Waals surface area (Å²) in [5.41, 5.74) is 0.260. The number of pyridine rings is 1. The van der Waals surface area contributed by atoms with Crippen molar-refractivity contribution in [3.05, 3.63) is 29.6 Å². The van der Waals surface area contributed by atoms with Crippen LogP contribution in [0.15, 0.2) is 18.2 Å². The number of carbonyl (C=O) groups excluding carboxylic acids is 3. The van der Waals surface area contributed by atoms with Gasteiger partial charge in [0.25, 0.3) is 0 Å². The number of nitrogens with zero attached hydrogens (tertiary/aromatic N) is 4. The number of hydrogen-bond acceptors (Lipinski definition) is 10. The van der Waals surface area contributed by atoms with E-state index in [1.165, 1.54) is 0 Å². The largest absolute Gasteiger partial charge is 0.460 e. The molecule has 10 nitrogen and oxygen atoms in total. The third kappa shape index (κ3) is 17.4. The number of hydrogen-bond donors (Lipinski definition) is 0. The second-order valence-corrected chi connectivity index (χ2v) is 14.4. The summed E-state index contributed by atoms with van der Waals surface area (Å²) in [5, 5.41) is 0. The molecule has 0 spiro atoms. The number of carbonyl (C=O) groups is 3. The third-order valence-electron chi connectivity index (χ3n) is 6.41. The van der Waals surface area contributed by atoms with Gasteiger partial charge in [-0.1, -0.05) is 6.07 Å². The van der Waals surface area contributed by atoms with Crippen LogP contribution in [0.5, 0.6) is 0 Å². The molecule has 10 heteroatoms. The van der Waals surface area contributed by atoms with Crippen molar-refractivity contribution in [1.29, 1.82) is 0 Å². The molecular weight excluding hydrogens is 548 g/mol. The lowest BCUT2D eigenvalue weighted by Gasteiger charge is -2.29. The first-order valence-corrected chi connectivity index (χ1v) is 15.6. The van der Waals surface area contributed by atoms with Gasteiger partial charge in [-0.05, 0) is 113 Å². The van der Waals surface area contributed by atoms with Crippen molar-refractivity contribution < 1.29 is 28.6 Å². The van der Waals surface area contributed by atoms with Crippen molar-refractivity contribution in [2.75, 3.05) is 45.8 Å². The summed E-state index contributed by atoms with van der Waals surface area (Å²) in [6.45, 7) is 22.3. The summed E-state index contributed by atoms with van der Waals surface area (Å²) in [6.07, 6.45) is 2.21. The van der Waals surface area contributed by atoms with Crippen molar-refractivity contribution in [3.63, 3.8) is 0 Å². The lowest BCUT2D eigenvalue weighted by molar-refractivity contribution is -0.157. The Balaban J connectivity index is 2.21. The average Bonchev–Trinajstić information content (AvgIpc) is 2.82. The maximum absolute atomic E-state index is 12.7. The van der Waals surface area contributed by atoms with Gasteiger partial charge in [-0.25, -0.2) is 0 Å². The summed E-state index contributed by atoms with van der Waals surface area (Å²) in [4.78, 5) is 49.2. The highest BCUT2D eigenvalue weighted by Gasteiger charge is 2.22. The van der Waals surface area contributed by atoms with E-state index in [0.29, 0.717) is 39.3 Å². The van der Waals surface area contributed by atoms with Crippen molar-refractivity contribution >= 4 is 17.9 Å². The average molecular weight is 605 g/mol. The minimum atomic E-state index is -0.545. The molecule has 2 heterocycles. The Morgan fingerprint density at radius 1 is 0.628 bits per heavy atom. The van der Waals surface area contributed by atoms with Crippen LogP contribution in [-0.4, -0.2) is 100 Å². The van der Waals surface area contributed by atoms with Crippen LogP contribution in [0.4, 0.5) is 0 Å². The van der Waals surface area contributed by atoms with E-state index in [1.807, 2.05) is 80.5 Å². The van der Waals surface area contributed by atoms with Gasteiger partial charge in [-0.3, -0.25) is 34.1 Å². The van der Waals surface area contributed by atoms with Gasteiger partial charge in [-0.2, -0.15) is 0 Å². The van der Waals surface area contributed by atoms with Gasteiger partial charge in [0.2, 0.25) is 0 Å². The lowest BCUT2D eigenvalue weighted by atomic mass is 10.2. The fraction of sp³-hybridized carbons (Fsp3) is 0.758. The SMILES string of the molecule is CC(C)(C)OC(=O)CCN1CCCN(CC(=O)OC(C)(C)C)CCCN(CCC(=O)OC(C)(C)C)Cc2cccc(n2)C1. The minimum absolute atomic E-state index is 0.216. The molecule has 0 radical (unpaired) electrons. The molecule has 0 saturated heterocycles. The minimum Gasteiger partial charge on any atom is -0.460 e. The van der Waals surface area contributed by atoms with Gasteiger partial charge in [0, 0.05) is 26.2 Å². The smallest absolute Gasteiger partial charge is 0.320 e. The number of aromatic nitrogens is 1. The van der Waals surface area contributed by atoms with Crippen LogP contribution >= 0.6 is 0 Å². The Bertz CT molecular complexity index is 978. The second kappa shape index (κ2) is 16.5. The van der Waals surface area contributed by atoms with Crippen LogP contribution < -0.4 is 0 Å². The molecule has 1 aromatic heterocycles. The molecule has 1 aromatic rings. The highest BCUT2D eigenvalue weighted by Crippen LogP contribution is 2.14. The molecule has 2 rings (SSSR count). The summed E-state index contributed by atoms with van der Waals surface area (Å²) < 4.78 is 16.7. The first kappa shape index (κ1) is 36.6. The van der Waals surface area contributed by atoms with Crippen LogP contribution in [0.2, 0.25) is 0 Å². The van der Waals surface area contributed by atoms with E-state index in [0.717, 1.165) is 37.3 Å². The summed E-state index contributed by atoms with van der Waals surface area (Å²) in [6, 6.07) is 6.04. The monoisotopic (exact) mass is 604 g/mol. The van der Waals surface area contributed by atoms with Gasteiger partial charge < -0.3 is 14.2 Å². The van der Waals surface area contributed by atoms with Gasteiger partial charge >= 0.3 is 17.9 Å². The molecule has 0 N–H and O–H groups in total. The lowest BCUT2D eigenvalue weighted by Crippen LogP contribution is -2.39. The Labute approximate surface area is 259 Å². The highest BCUT2D eigenvalue weighted by atomic mass is 16.6. The van der Waals surface area contributed by atoms with E-state index in [-0.39, 0.29) is 37.3 Å². The van der Waals surface area contributed by atoms with Crippen LogP contribution in [-0.2, 0) is 41.7 Å². The number of fused-ring (bicyclic) bond motifs is 2. The van der Waals surface area contributed by atoms with Gasteiger partial charge in [-0.15, -0.1) is 0 Å². The molecule has 0 saturated carbocycles. The Morgan fingerprint density at radius 3 is 1.40 bits per heavy atom. The molecular formula is C33H56N4O6. The zero-order chi connectivity index (χ0) is 32.3. The number of ether oxygens (including phenoxy) is 3. The molecule has 0 unspecified atom stereocenters. The van der Waals surface area contributed by atoms with Crippen LogP contribution in [0.25, 0.3) is 0 Å². The van der Waals surface area contributed by atoms with Crippen LogP contribution in [0, 0.1) is 0 Å². The summed E-state index contributed by atoms with van der Waals surface area (Å²) in [5.74, 6) is -0.682. The number of esters is 3. The van der Waals surface area contributed by atoms with Gasteiger partial charge in [0.05, 0.1) is 30.8 Å². The van der Waals surface area contributed by atoms with Crippen molar-refractivity contribution in [2.24, 2.45) is 0 Å². The molecule has 1 aliphatic heterocycles. The van der Waals surface area contributed by atoms with Crippen LogP contribution in [0.1, 0.15) is 99.4 Å². The van der Waals surface area contributed by atoms with Gasteiger partial charge in [0.15, 0.2) is 0 Å². The zero-order valence-corrected chi connectivity index (χ0v) is 28.2. The maximum Gasteiger partial charge on any atom is 0.320 e. The highest BCUT2D eigenvalue weighted by molar-refractivity contribution is 5.72. The van der Waals surface area contributed by atoms with E-state index in [1.54, 1.807) is 0 Å². The van der Waals surface area contributed by atoms with Crippen molar-refractivity contribution in [2.45, 2.75) is 118 Å². The van der Waals surface area contributed by atoms with Gasteiger partial charge in [0.1, 0.15) is 16.8 Å². The zero-order valence-electron chi connectivity index (χ0n) is 28.2. The normalized spacial score (nSPS) is 17.1. The van der Waals surface area contributed by atoms with E-state index in [4.69, 9.17) is 19.2 Å². The topological polar surface area (TPSA) is 102 Å². The Morgan fingerprint density at radius 2 is 1.00 bits per heavy atom. The Kier molecular flexibility index (Phi) is 14.1. The maximum atomic E-state index is 12.7. The van der Waals surface area contributed by atoms with E-state index >= 15 is 0 Å². The molecule has 1 aliphatic rings. The van der Waals surface area contributed by atoms with Crippen molar-refractivity contribution in [3.8, 4) is 0 Å². The Hall–Kier alpha value is -2.56. The predicted molar refractivity (Wildman–Crippen MR) is 167 cm³/mol. The third-order valence-corrected chi connectivity index (χ3v) is 6.41. The fourth-order valence-corrected chi connectivity index (χ4v) is 4.85. The molecule has 0 fully saturated rings. The standard InChI is InChI=1S/C33H56N4O6/c1-31(2,3)41-28(38)15-21-36-19-11-17-35(25-30(40)43-33(7,8)9)18-12-20-37(22-16-29(39)42-32(4,5)6)24-27-14-10-13-26(23-36)34-27/h10,13-14H,11-12,15-25H2,1-9H3. The van der Waals surface area contributed by atoms with Crippen molar-refractivity contribution in [1.82, 2.24) is 19.7 Å². The van der Waals surface area contributed by atoms with E-state index < -0.39 is 16.8 Å². The molecule has 0 aromatic carbocycles. The molecule has 244 valence electrons. The molecule has 43 heavy (non-hydrogen) atoms. The first-order chi connectivity index (χ1) is 19.9. The molecule has 0 aliphatic carbocycles. The first-order valence-electron chi connectivity index (χ1n) is 15.6. The number of rotatable bonds is 8. The second-order valence-electron chi connectivity index (χ2n) is 14.4. The predicted octanol–water partition coefficient (Wildman–Crippen LogP) is 4.59. The quantitative estimate of drug-likeness (QED) is 0.309. The summed E-state index contributed by atoms with van der Waals surface area (Å²) >= 11 is 0.